The molecular weight excluding hydrogens is 162 g/mol. The predicted octanol–water partition coefficient (Wildman–Crippen LogP) is 2.50. The second-order valence-electron chi connectivity index (χ2n) is 4.70. The first-order valence-electron chi connectivity index (χ1n) is 5.73. The summed E-state index contributed by atoms with van der Waals surface area (Å²) in [7, 11) is 0. The first kappa shape index (κ1) is 9.47. The van der Waals surface area contributed by atoms with Crippen LogP contribution in [-0.4, -0.2) is 12.6 Å². The van der Waals surface area contributed by atoms with Gasteiger partial charge in [-0.1, -0.05) is 19.8 Å². The molecule has 2 nitrogen and oxygen atoms in total. The molecule has 0 aromatic carbocycles. The van der Waals surface area contributed by atoms with Crippen LogP contribution in [0.25, 0.3) is 0 Å². The minimum absolute atomic E-state index is 0.635. The van der Waals surface area contributed by atoms with E-state index in [-0.39, 0.29) is 0 Å². The van der Waals surface area contributed by atoms with E-state index in [0.717, 1.165) is 18.4 Å². The van der Waals surface area contributed by atoms with Crippen LogP contribution in [0, 0.1) is 11.8 Å². The summed E-state index contributed by atoms with van der Waals surface area (Å²) in [4.78, 5) is 5.46. The Morgan fingerprint density at radius 3 is 2.92 bits per heavy atom. The molecule has 1 aliphatic heterocycles. The molecule has 2 heteroatoms. The lowest BCUT2D eigenvalue weighted by Crippen LogP contribution is -2.28. The largest absolute Gasteiger partial charge is 0.302 e. The van der Waals surface area contributed by atoms with Gasteiger partial charge in [0.05, 0.1) is 6.61 Å². The maximum absolute atomic E-state index is 5.46. The van der Waals surface area contributed by atoms with Crippen molar-refractivity contribution in [1.82, 2.24) is 5.48 Å². The van der Waals surface area contributed by atoms with E-state index in [9.17, 15) is 0 Å². The van der Waals surface area contributed by atoms with Gasteiger partial charge in [-0.25, -0.2) is 0 Å². The summed E-state index contributed by atoms with van der Waals surface area (Å²) in [6.45, 7) is 3.29. The Labute approximate surface area is 81.0 Å². The molecule has 1 N–H and O–H groups in total. The average Bonchev–Trinajstić information content (AvgIpc) is 2.33. The number of hydrogen-bond donors (Lipinski definition) is 1. The van der Waals surface area contributed by atoms with Gasteiger partial charge < -0.3 is 4.84 Å². The lowest BCUT2D eigenvalue weighted by Gasteiger charge is -2.21. The van der Waals surface area contributed by atoms with Gasteiger partial charge in [0.25, 0.3) is 0 Å². The van der Waals surface area contributed by atoms with Crippen LogP contribution in [0.15, 0.2) is 0 Å². The van der Waals surface area contributed by atoms with Crippen molar-refractivity contribution in [2.24, 2.45) is 11.8 Å². The molecule has 0 spiro atoms. The number of fused-ring (bicyclic) bond motifs is 3. The standard InChI is InChI=1S/C11H21NO/c1-9-7-8-13-12-11-4-2-3-10(9)5-6-11/h9-12H,2-8H2,1H3. The van der Waals surface area contributed by atoms with E-state index in [1.165, 1.54) is 38.5 Å². The third-order valence-corrected chi connectivity index (χ3v) is 3.74. The van der Waals surface area contributed by atoms with E-state index in [2.05, 4.69) is 12.4 Å². The normalized spacial score (nSPS) is 41.8. The van der Waals surface area contributed by atoms with Crippen LogP contribution in [0.3, 0.4) is 0 Å². The van der Waals surface area contributed by atoms with Crippen LogP contribution in [0.2, 0.25) is 0 Å². The summed E-state index contributed by atoms with van der Waals surface area (Å²) in [5.74, 6) is 1.83. The lowest BCUT2D eigenvalue weighted by molar-refractivity contribution is 0.00716. The van der Waals surface area contributed by atoms with Crippen LogP contribution >= 0.6 is 0 Å². The molecule has 2 bridgehead atoms. The van der Waals surface area contributed by atoms with E-state index in [4.69, 9.17) is 4.84 Å². The zero-order valence-corrected chi connectivity index (χ0v) is 8.59. The van der Waals surface area contributed by atoms with Gasteiger partial charge in [0, 0.05) is 6.04 Å². The topological polar surface area (TPSA) is 21.3 Å². The van der Waals surface area contributed by atoms with Gasteiger partial charge in [-0.3, -0.25) is 0 Å². The molecule has 1 saturated carbocycles. The smallest absolute Gasteiger partial charge is 0.0684 e. The van der Waals surface area contributed by atoms with Crippen molar-refractivity contribution in [1.29, 1.82) is 0 Å². The van der Waals surface area contributed by atoms with Crippen molar-refractivity contribution < 1.29 is 4.84 Å². The van der Waals surface area contributed by atoms with Gasteiger partial charge in [0.2, 0.25) is 0 Å². The summed E-state index contributed by atoms with van der Waals surface area (Å²) < 4.78 is 0. The average molecular weight is 183 g/mol. The van der Waals surface area contributed by atoms with Gasteiger partial charge in [-0.15, -0.1) is 0 Å². The summed E-state index contributed by atoms with van der Waals surface area (Å²) in [6, 6.07) is 0.635. The summed E-state index contributed by atoms with van der Waals surface area (Å²) in [5, 5.41) is 0. The second kappa shape index (κ2) is 4.43. The Morgan fingerprint density at radius 1 is 1.08 bits per heavy atom. The molecule has 3 unspecified atom stereocenters. The number of nitrogens with one attached hydrogen (secondary N) is 1. The quantitative estimate of drug-likeness (QED) is 0.623. The summed E-state index contributed by atoms with van der Waals surface area (Å²) >= 11 is 0. The van der Waals surface area contributed by atoms with Crippen molar-refractivity contribution in [3.63, 3.8) is 0 Å². The molecule has 3 atom stereocenters. The van der Waals surface area contributed by atoms with Gasteiger partial charge in [0.1, 0.15) is 0 Å². The highest BCUT2D eigenvalue weighted by atomic mass is 16.6. The number of rotatable bonds is 0. The fraction of sp³-hybridized carbons (Fsp3) is 1.00. The minimum atomic E-state index is 0.635. The summed E-state index contributed by atoms with van der Waals surface area (Å²) in [6.07, 6.45) is 8.08. The Balaban J connectivity index is 2.00. The third kappa shape index (κ3) is 2.44. The molecule has 0 aromatic rings. The summed E-state index contributed by atoms with van der Waals surface area (Å²) in [5.41, 5.74) is 3.21. The number of hydrogen-bond acceptors (Lipinski definition) is 2. The number of hydroxylamine groups is 1. The third-order valence-electron chi connectivity index (χ3n) is 3.74. The maximum atomic E-state index is 5.46. The van der Waals surface area contributed by atoms with Gasteiger partial charge in [-0.05, 0) is 37.5 Å². The molecule has 1 saturated heterocycles. The van der Waals surface area contributed by atoms with E-state index in [0.29, 0.717) is 6.04 Å². The van der Waals surface area contributed by atoms with Gasteiger partial charge in [-0.2, -0.15) is 5.48 Å². The first-order valence-corrected chi connectivity index (χ1v) is 5.73. The molecule has 1 aliphatic carbocycles. The molecule has 76 valence electrons. The Hall–Kier alpha value is -0.0800. The molecule has 0 radical (unpaired) electrons. The minimum Gasteiger partial charge on any atom is -0.302 e. The molecule has 2 rings (SSSR count). The highest BCUT2D eigenvalue weighted by molar-refractivity contribution is 4.77. The highest BCUT2D eigenvalue weighted by Crippen LogP contribution is 2.31. The van der Waals surface area contributed by atoms with Crippen molar-refractivity contribution in [2.45, 2.75) is 51.5 Å². The van der Waals surface area contributed by atoms with E-state index in [1.807, 2.05) is 0 Å². The van der Waals surface area contributed by atoms with Crippen LogP contribution in [0.1, 0.15) is 45.4 Å². The molecule has 0 amide bonds. The monoisotopic (exact) mass is 183 g/mol. The first-order chi connectivity index (χ1) is 6.36. The second-order valence-corrected chi connectivity index (χ2v) is 4.70. The van der Waals surface area contributed by atoms with E-state index < -0.39 is 0 Å². The fourth-order valence-corrected chi connectivity index (χ4v) is 2.67. The Kier molecular flexibility index (Phi) is 3.23. The van der Waals surface area contributed by atoms with Gasteiger partial charge in [0.15, 0.2) is 0 Å². The van der Waals surface area contributed by atoms with Gasteiger partial charge >= 0.3 is 0 Å². The van der Waals surface area contributed by atoms with E-state index >= 15 is 0 Å². The van der Waals surface area contributed by atoms with Crippen LogP contribution < -0.4 is 5.48 Å². The van der Waals surface area contributed by atoms with Crippen molar-refractivity contribution >= 4 is 0 Å². The Bertz CT molecular complexity index is 158. The predicted molar refractivity (Wildman–Crippen MR) is 53.2 cm³/mol. The van der Waals surface area contributed by atoms with Crippen molar-refractivity contribution in [3.8, 4) is 0 Å². The lowest BCUT2D eigenvalue weighted by atomic mass is 9.85. The Morgan fingerprint density at radius 2 is 2.00 bits per heavy atom. The molecular formula is C11H21NO. The SMILES string of the molecule is CC1CCONC2CCCC1CC2. The van der Waals surface area contributed by atoms with Crippen molar-refractivity contribution in [2.75, 3.05) is 6.61 Å². The molecule has 0 aromatic heterocycles. The fourth-order valence-electron chi connectivity index (χ4n) is 2.67. The van der Waals surface area contributed by atoms with Crippen LogP contribution in [-0.2, 0) is 4.84 Å². The molecule has 2 fully saturated rings. The van der Waals surface area contributed by atoms with Crippen molar-refractivity contribution in [3.05, 3.63) is 0 Å². The zero-order valence-electron chi connectivity index (χ0n) is 8.59. The highest BCUT2D eigenvalue weighted by Gasteiger charge is 2.24. The molecule has 2 aliphatic rings. The molecule has 13 heavy (non-hydrogen) atoms. The molecule has 1 heterocycles. The van der Waals surface area contributed by atoms with Crippen LogP contribution in [0.4, 0.5) is 0 Å². The zero-order chi connectivity index (χ0) is 9.10. The maximum Gasteiger partial charge on any atom is 0.0684 e. The van der Waals surface area contributed by atoms with Crippen LogP contribution in [0.5, 0.6) is 0 Å². The van der Waals surface area contributed by atoms with E-state index in [1.54, 1.807) is 0 Å².